The van der Waals surface area contributed by atoms with Crippen LogP contribution in [0.25, 0.3) is 0 Å². The Hall–Kier alpha value is -2.45. The second-order valence-corrected chi connectivity index (χ2v) is 9.58. The van der Waals surface area contributed by atoms with Crippen LogP contribution in [0.4, 0.5) is 0 Å². The molecule has 1 aromatic heterocycles. The van der Waals surface area contributed by atoms with Gasteiger partial charge in [-0.2, -0.15) is 4.31 Å². The molecule has 2 aromatic rings. The molecule has 4 rings (SSSR count). The topological polar surface area (TPSA) is 79.8 Å². The van der Waals surface area contributed by atoms with Crippen LogP contribution in [-0.4, -0.2) is 61.3 Å². The average Bonchev–Trinajstić information content (AvgIpc) is 2.76. The standard InChI is InChI=1S/C21H25N3O4S/c1-2-24-15-21(16-28-18-8-3-4-9-19(18)29(24,26)27)10-13-23(14-11-21)20(25)17-7-5-6-12-22-17/h3-9,12H,2,10-11,13-16H2,1H3. The summed E-state index contributed by atoms with van der Waals surface area (Å²) in [6, 6.07) is 12.1. The number of hydrogen-bond acceptors (Lipinski definition) is 5. The number of likely N-dealkylation sites (tertiary alicyclic amines) is 1. The fourth-order valence-corrected chi connectivity index (χ4v) is 5.77. The summed E-state index contributed by atoms with van der Waals surface area (Å²) in [6.07, 6.45) is 2.97. The van der Waals surface area contributed by atoms with E-state index in [0.717, 1.165) is 0 Å². The van der Waals surface area contributed by atoms with Crippen molar-refractivity contribution in [1.29, 1.82) is 0 Å². The number of fused-ring (bicyclic) bond motifs is 1. The number of carbonyl (C=O) groups is 1. The summed E-state index contributed by atoms with van der Waals surface area (Å²) in [5, 5.41) is 0. The van der Waals surface area contributed by atoms with E-state index in [4.69, 9.17) is 4.74 Å². The molecule has 7 nitrogen and oxygen atoms in total. The van der Waals surface area contributed by atoms with Crippen molar-refractivity contribution in [3.8, 4) is 5.75 Å². The highest BCUT2D eigenvalue weighted by atomic mass is 32.2. The Bertz CT molecular complexity index is 986. The summed E-state index contributed by atoms with van der Waals surface area (Å²) in [4.78, 5) is 18.9. The van der Waals surface area contributed by atoms with Crippen molar-refractivity contribution >= 4 is 15.9 Å². The Morgan fingerprint density at radius 3 is 2.55 bits per heavy atom. The molecule has 1 spiro atoms. The van der Waals surface area contributed by atoms with E-state index in [2.05, 4.69) is 4.98 Å². The van der Waals surface area contributed by atoms with Crippen molar-refractivity contribution in [2.24, 2.45) is 5.41 Å². The first kappa shape index (κ1) is 19.8. The number of para-hydroxylation sites is 1. The lowest BCUT2D eigenvalue weighted by Gasteiger charge is -2.44. The van der Waals surface area contributed by atoms with E-state index in [0.29, 0.717) is 57.1 Å². The van der Waals surface area contributed by atoms with Crippen molar-refractivity contribution in [3.63, 3.8) is 0 Å². The van der Waals surface area contributed by atoms with Crippen LogP contribution >= 0.6 is 0 Å². The van der Waals surface area contributed by atoms with Gasteiger partial charge >= 0.3 is 0 Å². The molecule has 1 fully saturated rings. The number of hydrogen-bond donors (Lipinski definition) is 0. The van der Waals surface area contributed by atoms with Crippen LogP contribution in [-0.2, 0) is 10.0 Å². The lowest BCUT2D eigenvalue weighted by molar-refractivity contribution is 0.0302. The number of nitrogens with zero attached hydrogens (tertiary/aromatic N) is 3. The van der Waals surface area contributed by atoms with Gasteiger partial charge in [0, 0.05) is 37.8 Å². The second kappa shape index (κ2) is 7.76. The van der Waals surface area contributed by atoms with Crippen molar-refractivity contribution in [2.45, 2.75) is 24.7 Å². The number of amides is 1. The quantitative estimate of drug-likeness (QED) is 0.753. The predicted octanol–water partition coefficient (Wildman–Crippen LogP) is 2.41. The van der Waals surface area contributed by atoms with E-state index in [1.807, 2.05) is 6.92 Å². The molecule has 8 heteroatoms. The van der Waals surface area contributed by atoms with Crippen molar-refractivity contribution in [3.05, 3.63) is 54.4 Å². The van der Waals surface area contributed by atoms with Gasteiger partial charge in [-0.05, 0) is 37.1 Å². The summed E-state index contributed by atoms with van der Waals surface area (Å²) in [5.74, 6) is 0.314. The Kier molecular flexibility index (Phi) is 5.31. The fraction of sp³-hybridized carbons (Fsp3) is 0.429. The van der Waals surface area contributed by atoms with Gasteiger partial charge in [0.1, 0.15) is 16.3 Å². The maximum Gasteiger partial charge on any atom is 0.272 e. The minimum atomic E-state index is -3.62. The molecule has 0 saturated carbocycles. The van der Waals surface area contributed by atoms with E-state index < -0.39 is 10.0 Å². The van der Waals surface area contributed by atoms with Gasteiger partial charge in [-0.15, -0.1) is 0 Å². The number of sulfonamides is 1. The maximum atomic E-state index is 13.2. The number of aromatic nitrogens is 1. The van der Waals surface area contributed by atoms with Crippen LogP contribution in [0.15, 0.2) is 53.6 Å². The summed E-state index contributed by atoms with van der Waals surface area (Å²) >= 11 is 0. The molecule has 3 heterocycles. The Labute approximate surface area is 171 Å². The predicted molar refractivity (Wildman–Crippen MR) is 108 cm³/mol. The van der Waals surface area contributed by atoms with Gasteiger partial charge in [-0.25, -0.2) is 8.42 Å². The van der Waals surface area contributed by atoms with E-state index in [1.54, 1.807) is 57.9 Å². The number of carbonyl (C=O) groups excluding carboxylic acids is 1. The molecule has 29 heavy (non-hydrogen) atoms. The monoisotopic (exact) mass is 415 g/mol. The van der Waals surface area contributed by atoms with E-state index in [1.165, 1.54) is 0 Å². The summed E-state index contributed by atoms with van der Waals surface area (Å²) in [7, 11) is -3.62. The molecule has 1 aromatic carbocycles. The minimum Gasteiger partial charge on any atom is -0.492 e. The summed E-state index contributed by atoms with van der Waals surface area (Å²) < 4.78 is 33.9. The number of ether oxygens (including phenoxy) is 1. The summed E-state index contributed by atoms with van der Waals surface area (Å²) in [5.41, 5.74) is 0.112. The highest BCUT2D eigenvalue weighted by Gasteiger charge is 2.43. The van der Waals surface area contributed by atoms with Gasteiger partial charge in [0.25, 0.3) is 5.91 Å². The third-order valence-corrected chi connectivity index (χ3v) is 7.82. The first-order chi connectivity index (χ1) is 14.0. The number of rotatable bonds is 2. The Morgan fingerprint density at radius 2 is 1.86 bits per heavy atom. The lowest BCUT2D eigenvalue weighted by atomic mass is 9.78. The molecule has 0 atom stereocenters. The normalized spacial score (nSPS) is 20.9. The Morgan fingerprint density at radius 1 is 1.14 bits per heavy atom. The summed E-state index contributed by atoms with van der Waals surface area (Å²) in [6.45, 7) is 4.19. The van der Waals surface area contributed by atoms with Gasteiger partial charge in [0.15, 0.2) is 0 Å². The van der Waals surface area contributed by atoms with Crippen LogP contribution < -0.4 is 4.74 Å². The van der Waals surface area contributed by atoms with Crippen molar-refractivity contribution in [1.82, 2.24) is 14.2 Å². The zero-order valence-electron chi connectivity index (χ0n) is 16.5. The van der Waals surface area contributed by atoms with Crippen molar-refractivity contribution < 1.29 is 17.9 Å². The fourth-order valence-electron chi connectivity index (χ4n) is 4.08. The van der Waals surface area contributed by atoms with Crippen LogP contribution in [0.2, 0.25) is 0 Å². The largest absolute Gasteiger partial charge is 0.492 e. The molecular formula is C21H25N3O4S. The third kappa shape index (κ3) is 3.74. The zero-order chi connectivity index (χ0) is 20.5. The maximum absolute atomic E-state index is 13.2. The molecular weight excluding hydrogens is 390 g/mol. The third-order valence-electron chi connectivity index (χ3n) is 5.86. The average molecular weight is 416 g/mol. The van der Waals surface area contributed by atoms with Gasteiger partial charge in [-0.1, -0.05) is 25.1 Å². The molecule has 0 unspecified atom stereocenters. The Balaban J connectivity index is 1.56. The molecule has 0 aliphatic carbocycles. The number of piperidine rings is 1. The van der Waals surface area contributed by atoms with Crippen molar-refractivity contribution in [2.75, 3.05) is 32.8 Å². The molecule has 2 aliphatic heterocycles. The van der Waals surface area contributed by atoms with Gasteiger partial charge in [0.2, 0.25) is 10.0 Å². The van der Waals surface area contributed by atoms with Crippen LogP contribution in [0, 0.1) is 5.41 Å². The molecule has 0 N–H and O–H groups in total. The SMILES string of the molecule is CCN1CC2(CCN(C(=O)c3ccccn3)CC2)COc2ccccc2S1(=O)=O. The van der Waals surface area contributed by atoms with E-state index >= 15 is 0 Å². The molecule has 2 aliphatic rings. The van der Waals surface area contributed by atoms with Crippen LogP contribution in [0.3, 0.4) is 0 Å². The van der Waals surface area contributed by atoms with E-state index in [9.17, 15) is 13.2 Å². The van der Waals surface area contributed by atoms with Gasteiger partial charge < -0.3 is 9.64 Å². The molecule has 0 bridgehead atoms. The van der Waals surface area contributed by atoms with E-state index in [-0.39, 0.29) is 16.2 Å². The molecule has 1 saturated heterocycles. The molecule has 1 amide bonds. The smallest absolute Gasteiger partial charge is 0.272 e. The number of benzene rings is 1. The van der Waals surface area contributed by atoms with Crippen LogP contribution in [0.1, 0.15) is 30.3 Å². The second-order valence-electron chi connectivity index (χ2n) is 7.67. The highest BCUT2D eigenvalue weighted by molar-refractivity contribution is 7.89. The van der Waals surface area contributed by atoms with Gasteiger partial charge in [0.05, 0.1) is 6.61 Å². The zero-order valence-corrected chi connectivity index (χ0v) is 17.3. The highest BCUT2D eigenvalue weighted by Crippen LogP contribution is 2.39. The van der Waals surface area contributed by atoms with Gasteiger partial charge in [-0.3, -0.25) is 9.78 Å². The first-order valence-corrected chi connectivity index (χ1v) is 11.3. The minimum absolute atomic E-state index is 0.0856. The lowest BCUT2D eigenvalue weighted by Crippen LogP contribution is -2.52. The first-order valence-electron chi connectivity index (χ1n) is 9.87. The number of pyridine rings is 1. The molecule has 154 valence electrons. The van der Waals surface area contributed by atoms with Crippen LogP contribution in [0.5, 0.6) is 5.75 Å². The molecule has 0 radical (unpaired) electrons.